The third-order valence-corrected chi connectivity index (χ3v) is 3.46. The number of hydrogen-bond donors (Lipinski definition) is 0. The summed E-state index contributed by atoms with van der Waals surface area (Å²) in [5.41, 5.74) is 2.31. The van der Waals surface area contributed by atoms with E-state index in [2.05, 4.69) is 19.1 Å². The van der Waals surface area contributed by atoms with Gasteiger partial charge in [-0.2, -0.15) is 0 Å². The van der Waals surface area contributed by atoms with Crippen molar-refractivity contribution in [1.29, 1.82) is 0 Å². The van der Waals surface area contributed by atoms with E-state index in [9.17, 15) is 0 Å². The highest BCUT2D eigenvalue weighted by atomic mass is 35.5. The quantitative estimate of drug-likeness (QED) is 0.754. The van der Waals surface area contributed by atoms with Gasteiger partial charge in [0, 0.05) is 0 Å². The zero-order valence-corrected chi connectivity index (χ0v) is 11.6. The first-order chi connectivity index (χ1) is 8.69. The van der Waals surface area contributed by atoms with E-state index in [1.807, 2.05) is 24.3 Å². The highest BCUT2D eigenvalue weighted by molar-refractivity contribution is 6.42. The summed E-state index contributed by atoms with van der Waals surface area (Å²) in [6, 6.07) is 13.6. The average molecular weight is 281 g/mol. The normalized spacial score (nSPS) is 10.4. The molecule has 0 aliphatic carbocycles. The van der Waals surface area contributed by atoms with Crippen LogP contribution in [0.15, 0.2) is 42.5 Å². The van der Waals surface area contributed by atoms with Gasteiger partial charge in [0.1, 0.15) is 12.4 Å². The Kier molecular flexibility index (Phi) is 4.51. The molecule has 0 N–H and O–H groups in total. The minimum absolute atomic E-state index is 0.488. The van der Waals surface area contributed by atoms with Crippen molar-refractivity contribution in [3.05, 3.63) is 63.6 Å². The van der Waals surface area contributed by atoms with E-state index in [4.69, 9.17) is 27.9 Å². The van der Waals surface area contributed by atoms with Crippen LogP contribution in [0.5, 0.6) is 5.75 Å². The van der Waals surface area contributed by atoms with E-state index in [1.165, 1.54) is 5.56 Å². The first-order valence-electron chi connectivity index (χ1n) is 5.84. The monoisotopic (exact) mass is 280 g/mol. The van der Waals surface area contributed by atoms with Gasteiger partial charge < -0.3 is 4.74 Å². The fraction of sp³-hybridized carbons (Fsp3) is 0.200. The van der Waals surface area contributed by atoms with Crippen molar-refractivity contribution >= 4 is 23.2 Å². The molecule has 0 aliphatic rings. The minimum atomic E-state index is 0.488. The number of halogens is 2. The number of aryl methyl sites for hydroxylation is 1. The highest BCUT2D eigenvalue weighted by Crippen LogP contribution is 2.23. The second-order valence-electron chi connectivity index (χ2n) is 4.03. The first kappa shape index (κ1) is 13.3. The van der Waals surface area contributed by atoms with Gasteiger partial charge in [0.05, 0.1) is 10.0 Å². The molecule has 94 valence electrons. The summed E-state index contributed by atoms with van der Waals surface area (Å²) in [6.07, 6.45) is 1.03. The smallest absolute Gasteiger partial charge is 0.119 e. The molecule has 0 unspecified atom stereocenters. The Hall–Kier alpha value is -1.18. The molecule has 0 heterocycles. The zero-order valence-electron chi connectivity index (χ0n) is 10.1. The van der Waals surface area contributed by atoms with Gasteiger partial charge in [-0.15, -0.1) is 0 Å². The van der Waals surface area contributed by atoms with Crippen LogP contribution in [-0.4, -0.2) is 0 Å². The predicted octanol–water partition coefficient (Wildman–Crippen LogP) is 5.13. The molecule has 18 heavy (non-hydrogen) atoms. The van der Waals surface area contributed by atoms with E-state index in [-0.39, 0.29) is 0 Å². The van der Waals surface area contributed by atoms with Crippen LogP contribution < -0.4 is 4.74 Å². The molecule has 0 aromatic heterocycles. The van der Waals surface area contributed by atoms with Crippen LogP contribution >= 0.6 is 23.2 Å². The molecule has 0 atom stereocenters. The molecule has 3 heteroatoms. The average Bonchev–Trinajstić information content (AvgIpc) is 2.41. The fourth-order valence-electron chi connectivity index (χ4n) is 1.62. The SMILES string of the molecule is CCc1ccc(OCc2ccc(Cl)c(Cl)c2)cc1. The van der Waals surface area contributed by atoms with Crippen molar-refractivity contribution in [2.24, 2.45) is 0 Å². The maximum absolute atomic E-state index is 5.95. The third-order valence-electron chi connectivity index (χ3n) is 2.72. The number of rotatable bonds is 4. The lowest BCUT2D eigenvalue weighted by Gasteiger charge is -2.07. The van der Waals surface area contributed by atoms with Gasteiger partial charge in [-0.1, -0.05) is 48.3 Å². The Bertz CT molecular complexity index is 521. The minimum Gasteiger partial charge on any atom is -0.489 e. The maximum atomic E-state index is 5.95. The van der Waals surface area contributed by atoms with E-state index in [0.29, 0.717) is 16.7 Å². The molecule has 0 saturated carbocycles. The topological polar surface area (TPSA) is 9.23 Å². The molecule has 0 bridgehead atoms. The molecule has 0 spiro atoms. The molecule has 2 aromatic carbocycles. The lowest BCUT2D eigenvalue weighted by atomic mass is 10.2. The second-order valence-corrected chi connectivity index (χ2v) is 4.85. The van der Waals surface area contributed by atoms with Crippen molar-refractivity contribution in [2.75, 3.05) is 0 Å². The fourth-order valence-corrected chi connectivity index (χ4v) is 1.94. The molecule has 2 rings (SSSR count). The van der Waals surface area contributed by atoms with Gasteiger partial charge >= 0.3 is 0 Å². The van der Waals surface area contributed by atoms with Crippen molar-refractivity contribution < 1.29 is 4.74 Å². The summed E-state index contributed by atoms with van der Waals surface area (Å²) in [7, 11) is 0. The Balaban J connectivity index is 1.99. The molecule has 0 fully saturated rings. The van der Waals surface area contributed by atoms with Crippen LogP contribution in [0.4, 0.5) is 0 Å². The Labute approximate surface area is 117 Å². The molecule has 0 aliphatic heterocycles. The van der Waals surface area contributed by atoms with E-state index < -0.39 is 0 Å². The first-order valence-corrected chi connectivity index (χ1v) is 6.60. The molecule has 0 radical (unpaired) electrons. The second kappa shape index (κ2) is 6.12. The predicted molar refractivity (Wildman–Crippen MR) is 76.6 cm³/mol. The molecule has 0 saturated heterocycles. The van der Waals surface area contributed by atoms with Crippen LogP contribution in [0.3, 0.4) is 0 Å². The highest BCUT2D eigenvalue weighted by Gasteiger charge is 2.01. The molecule has 1 nitrogen and oxygen atoms in total. The van der Waals surface area contributed by atoms with Crippen molar-refractivity contribution in [3.63, 3.8) is 0 Å². The van der Waals surface area contributed by atoms with Gasteiger partial charge in [0.2, 0.25) is 0 Å². The van der Waals surface area contributed by atoms with Crippen LogP contribution in [0.1, 0.15) is 18.1 Å². The maximum Gasteiger partial charge on any atom is 0.119 e. The van der Waals surface area contributed by atoms with Gasteiger partial charge in [-0.25, -0.2) is 0 Å². The van der Waals surface area contributed by atoms with E-state index in [1.54, 1.807) is 6.07 Å². The van der Waals surface area contributed by atoms with Crippen LogP contribution in [-0.2, 0) is 13.0 Å². The van der Waals surface area contributed by atoms with Crippen LogP contribution in [0.2, 0.25) is 10.0 Å². The molecular weight excluding hydrogens is 267 g/mol. The molecule has 2 aromatic rings. The van der Waals surface area contributed by atoms with E-state index in [0.717, 1.165) is 17.7 Å². The number of hydrogen-bond acceptors (Lipinski definition) is 1. The Morgan fingerprint density at radius 3 is 2.17 bits per heavy atom. The Morgan fingerprint density at radius 2 is 1.56 bits per heavy atom. The van der Waals surface area contributed by atoms with Crippen LogP contribution in [0, 0.1) is 0 Å². The van der Waals surface area contributed by atoms with E-state index >= 15 is 0 Å². The molecular formula is C15H14Cl2O. The van der Waals surface area contributed by atoms with Gasteiger partial charge in [-0.3, -0.25) is 0 Å². The number of benzene rings is 2. The van der Waals surface area contributed by atoms with Gasteiger partial charge in [0.15, 0.2) is 0 Å². The van der Waals surface area contributed by atoms with Crippen molar-refractivity contribution in [3.8, 4) is 5.75 Å². The Morgan fingerprint density at radius 1 is 0.889 bits per heavy atom. The van der Waals surface area contributed by atoms with Crippen molar-refractivity contribution in [1.82, 2.24) is 0 Å². The van der Waals surface area contributed by atoms with Crippen molar-refractivity contribution in [2.45, 2.75) is 20.0 Å². The van der Waals surface area contributed by atoms with Gasteiger partial charge in [-0.05, 0) is 41.8 Å². The summed E-state index contributed by atoms with van der Waals surface area (Å²) in [6.45, 7) is 2.62. The summed E-state index contributed by atoms with van der Waals surface area (Å²) < 4.78 is 5.68. The summed E-state index contributed by atoms with van der Waals surface area (Å²) in [5, 5.41) is 1.12. The number of ether oxygens (including phenoxy) is 1. The largest absolute Gasteiger partial charge is 0.489 e. The lowest BCUT2D eigenvalue weighted by molar-refractivity contribution is 0.306. The lowest BCUT2D eigenvalue weighted by Crippen LogP contribution is -1.95. The summed E-state index contributed by atoms with van der Waals surface area (Å²) in [5.74, 6) is 0.860. The molecule has 0 amide bonds. The summed E-state index contributed by atoms with van der Waals surface area (Å²) in [4.78, 5) is 0. The van der Waals surface area contributed by atoms with Crippen LogP contribution in [0.25, 0.3) is 0 Å². The zero-order chi connectivity index (χ0) is 13.0. The summed E-state index contributed by atoms with van der Waals surface area (Å²) >= 11 is 11.8. The standard InChI is InChI=1S/C15H14Cl2O/c1-2-11-3-6-13(7-4-11)18-10-12-5-8-14(16)15(17)9-12/h3-9H,2,10H2,1H3. The van der Waals surface area contributed by atoms with Gasteiger partial charge in [0.25, 0.3) is 0 Å². The third kappa shape index (κ3) is 3.41.